The van der Waals surface area contributed by atoms with Crippen LogP contribution in [0.4, 0.5) is 11.5 Å². The van der Waals surface area contributed by atoms with E-state index in [1.807, 2.05) is 0 Å². The minimum atomic E-state index is -3.98. The van der Waals surface area contributed by atoms with Gasteiger partial charge in [0.25, 0.3) is 15.9 Å². The highest BCUT2D eigenvalue weighted by Crippen LogP contribution is 2.26. The van der Waals surface area contributed by atoms with Crippen LogP contribution in [0.15, 0.2) is 57.9 Å². The van der Waals surface area contributed by atoms with Gasteiger partial charge in [0.15, 0.2) is 5.82 Å². The Balaban J connectivity index is 1.74. The maximum atomic E-state index is 12.9. The number of hydrogen-bond acceptors (Lipinski definition) is 8. The van der Waals surface area contributed by atoms with Crippen LogP contribution in [0.3, 0.4) is 0 Å². The average Bonchev–Trinajstić information content (AvgIpc) is 2.84. The molecule has 3 rings (SSSR count). The molecule has 0 atom stereocenters. The van der Waals surface area contributed by atoms with Crippen molar-refractivity contribution in [1.82, 2.24) is 9.97 Å². The van der Waals surface area contributed by atoms with E-state index in [4.69, 9.17) is 14.2 Å². The molecule has 36 heavy (non-hydrogen) atoms. The minimum absolute atomic E-state index is 0.0178. The molecular weight excluding hydrogens is 552 g/mol. The molecule has 2 aromatic carbocycles. The summed E-state index contributed by atoms with van der Waals surface area (Å²) in [4.78, 5) is 20.8. The minimum Gasteiger partial charge on any atom is -0.493 e. The van der Waals surface area contributed by atoms with Crippen molar-refractivity contribution in [2.45, 2.75) is 25.2 Å². The molecule has 0 spiro atoms. The van der Waals surface area contributed by atoms with Gasteiger partial charge in [0.05, 0.1) is 31.3 Å². The predicted molar refractivity (Wildman–Crippen MR) is 139 cm³/mol. The molecule has 0 fully saturated rings. The summed E-state index contributed by atoms with van der Waals surface area (Å²) in [6.45, 7) is 4.68. The number of nitrogens with one attached hydrogen (secondary N) is 2. The number of halogens is 1. The third kappa shape index (κ3) is 7.31. The molecule has 12 heteroatoms. The Morgan fingerprint density at radius 1 is 1.03 bits per heavy atom. The molecule has 0 aliphatic heterocycles. The zero-order valence-electron chi connectivity index (χ0n) is 20.2. The van der Waals surface area contributed by atoms with Crippen LogP contribution < -0.4 is 24.2 Å². The number of carbonyl (C=O) groups excluding carboxylic acids is 1. The third-order valence-corrected chi connectivity index (χ3v) is 6.74. The first-order valence-corrected chi connectivity index (χ1v) is 13.2. The van der Waals surface area contributed by atoms with Gasteiger partial charge in [-0.15, -0.1) is 0 Å². The first-order chi connectivity index (χ1) is 17.1. The van der Waals surface area contributed by atoms with E-state index in [-0.39, 0.29) is 28.5 Å². The van der Waals surface area contributed by atoms with Crippen molar-refractivity contribution in [2.75, 3.05) is 30.9 Å². The van der Waals surface area contributed by atoms with Crippen LogP contribution >= 0.6 is 15.9 Å². The molecule has 0 radical (unpaired) electrons. The molecule has 0 aliphatic rings. The second-order valence-corrected chi connectivity index (χ2v) is 10.6. The fraction of sp³-hybridized carbons (Fsp3) is 0.292. The van der Waals surface area contributed by atoms with Gasteiger partial charge in [0.2, 0.25) is 5.88 Å². The Kier molecular flexibility index (Phi) is 9.10. The Bertz CT molecular complexity index is 1290. The van der Waals surface area contributed by atoms with Gasteiger partial charge in [-0.3, -0.25) is 9.52 Å². The number of methoxy groups -OCH3 is 2. The van der Waals surface area contributed by atoms with E-state index >= 15 is 0 Å². The van der Waals surface area contributed by atoms with Crippen molar-refractivity contribution in [1.29, 1.82) is 0 Å². The summed E-state index contributed by atoms with van der Waals surface area (Å²) in [7, 11) is -1.23. The molecule has 3 aromatic rings. The molecule has 0 bridgehead atoms. The van der Waals surface area contributed by atoms with Gasteiger partial charge in [-0.1, -0.05) is 29.8 Å². The number of anilines is 2. The fourth-order valence-corrected chi connectivity index (χ4v) is 4.33. The quantitative estimate of drug-likeness (QED) is 0.334. The van der Waals surface area contributed by atoms with E-state index in [1.165, 1.54) is 44.6 Å². The molecule has 0 saturated carbocycles. The number of rotatable bonds is 11. The number of aromatic nitrogens is 2. The zero-order chi connectivity index (χ0) is 26.3. The van der Waals surface area contributed by atoms with Gasteiger partial charge in [-0.05, 0) is 54.8 Å². The van der Waals surface area contributed by atoms with Crippen molar-refractivity contribution in [3.05, 3.63) is 58.6 Å². The summed E-state index contributed by atoms with van der Waals surface area (Å²) in [5, 5.41) is 2.77. The Morgan fingerprint density at radius 3 is 2.39 bits per heavy atom. The van der Waals surface area contributed by atoms with E-state index in [0.29, 0.717) is 29.5 Å². The number of carbonyl (C=O) groups is 1. The lowest BCUT2D eigenvalue weighted by Gasteiger charge is -2.14. The molecule has 192 valence electrons. The molecule has 1 heterocycles. The lowest BCUT2D eigenvalue weighted by atomic mass is 10.1. The smallest absolute Gasteiger partial charge is 0.321 e. The molecule has 1 amide bonds. The summed E-state index contributed by atoms with van der Waals surface area (Å²) in [5.74, 6) is 0.675. The molecule has 0 aliphatic carbocycles. The van der Waals surface area contributed by atoms with E-state index in [2.05, 4.69) is 49.8 Å². The Hall–Kier alpha value is -3.38. The molecule has 0 saturated heterocycles. The van der Waals surface area contributed by atoms with Gasteiger partial charge in [0, 0.05) is 16.2 Å². The molecule has 1 aromatic heterocycles. The Labute approximate surface area is 218 Å². The molecular formula is C24H27BrN4O6S. The first-order valence-electron chi connectivity index (χ1n) is 10.9. The highest BCUT2D eigenvalue weighted by molar-refractivity contribution is 9.10. The fourth-order valence-electron chi connectivity index (χ4n) is 2.97. The van der Waals surface area contributed by atoms with Crippen molar-refractivity contribution in [3.63, 3.8) is 0 Å². The van der Waals surface area contributed by atoms with Crippen molar-refractivity contribution in [3.8, 4) is 17.6 Å². The largest absolute Gasteiger partial charge is 0.493 e. The lowest BCUT2D eigenvalue weighted by Crippen LogP contribution is -2.16. The summed E-state index contributed by atoms with van der Waals surface area (Å²) >= 11 is 3.38. The van der Waals surface area contributed by atoms with Crippen LogP contribution in [0, 0.1) is 5.92 Å². The summed E-state index contributed by atoms with van der Waals surface area (Å²) < 4.78 is 44.6. The maximum absolute atomic E-state index is 12.9. The van der Waals surface area contributed by atoms with Crippen LogP contribution in [-0.4, -0.2) is 45.1 Å². The predicted octanol–water partition coefficient (Wildman–Crippen LogP) is 4.73. The van der Waals surface area contributed by atoms with Crippen molar-refractivity contribution < 1.29 is 27.4 Å². The average molecular weight is 579 g/mol. The first kappa shape index (κ1) is 27.2. The van der Waals surface area contributed by atoms with Gasteiger partial charge in [-0.2, -0.15) is 9.97 Å². The second kappa shape index (κ2) is 12.0. The molecule has 0 unspecified atom stereocenters. The number of amides is 1. The van der Waals surface area contributed by atoms with Crippen LogP contribution in [0.25, 0.3) is 0 Å². The van der Waals surface area contributed by atoms with Crippen LogP contribution in [0.2, 0.25) is 0 Å². The molecule has 10 nitrogen and oxygen atoms in total. The van der Waals surface area contributed by atoms with E-state index in [9.17, 15) is 13.2 Å². The third-order valence-electron chi connectivity index (χ3n) is 4.87. The van der Waals surface area contributed by atoms with Crippen LogP contribution in [-0.2, 0) is 10.0 Å². The summed E-state index contributed by atoms with van der Waals surface area (Å²) in [5.41, 5.74) is 0.774. The number of benzene rings is 2. The number of ether oxygens (including phenoxy) is 3. The highest BCUT2D eigenvalue weighted by Gasteiger charge is 2.18. The van der Waals surface area contributed by atoms with Gasteiger partial charge < -0.3 is 19.5 Å². The summed E-state index contributed by atoms with van der Waals surface area (Å²) in [6.07, 6.45) is 0.857. The van der Waals surface area contributed by atoms with E-state index in [1.54, 1.807) is 18.2 Å². The lowest BCUT2D eigenvalue weighted by molar-refractivity contribution is 0.102. The maximum Gasteiger partial charge on any atom is 0.321 e. The molecule has 2 N–H and O–H groups in total. The van der Waals surface area contributed by atoms with Crippen molar-refractivity contribution >= 4 is 43.4 Å². The number of sulfonamides is 1. The van der Waals surface area contributed by atoms with Gasteiger partial charge in [-0.25, -0.2) is 8.42 Å². The summed E-state index contributed by atoms with van der Waals surface area (Å²) in [6, 6.07) is 12.2. The van der Waals surface area contributed by atoms with Gasteiger partial charge >= 0.3 is 6.01 Å². The highest BCUT2D eigenvalue weighted by atomic mass is 79.9. The standard InChI is InChI=1S/C24H27BrN4O6S/c1-15(2)11-12-35-20-10-5-16(25)13-19(20)23(30)26-17-6-8-18(9-7-17)36(31,32)29-21-14-22(33-3)28-24(27-21)34-4/h5-10,13-15H,11-12H2,1-4H3,(H,26,30)(H,27,28,29). The topological polar surface area (TPSA) is 129 Å². The van der Waals surface area contributed by atoms with E-state index in [0.717, 1.165) is 10.9 Å². The van der Waals surface area contributed by atoms with E-state index < -0.39 is 10.0 Å². The van der Waals surface area contributed by atoms with Crippen molar-refractivity contribution in [2.24, 2.45) is 5.92 Å². The van der Waals surface area contributed by atoms with Crippen LogP contribution in [0.5, 0.6) is 17.6 Å². The normalized spacial score (nSPS) is 11.2. The van der Waals surface area contributed by atoms with Gasteiger partial charge in [0.1, 0.15) is 5.75 Å². The Morgan fingerprint density at radius 2 is 1.75 bits per heavy atom. The number of nitrogens with zero attached hydrogens (tertiary/aromatic N) is 2. The number of hydrogen-bond donors (Lipinski definition) is 2. The zero-order valence-corrected chi connectivity index (χ0v) is 22.6. The second-order valence-electron chi connectivity index (χ2n) is 8.04. The monoisotopic (exact) mass is 578 g/mol. The van der Waals surface area contributed by atoms with Crippen LogP contribution in [0.1, 0.15) is 30.6 Å². The SMILES string of the molecule is COc1cc(NS(=O)(=O)c2ccc(NC(=O)c3cc(Br)ccc3OCCC(C)C)cc2)nc(OC)n1.